The zero-order chi connectivity index (χ0) is 21.3. The molecule has 0 radical (unpaired) electrons. The molecule has 5 nitrogen and oxygen atoms in total. The van der Waals surface area contributed by atoms with Gasteiger partial charge in [0.05, 0.1) is 11.1 Å². The maximum atomic E-state index is 14.5. The van der Waals surface area contributed by atoms with E-state index in [9.17, 15) is 18.8 Å². The van der Waals surface area contributed by atoms with Gasteiger partial charge in [0, 0.05) is 16.8 Å². The number of aryl methyl sites for hydroxylation is 1. The molecule has 6 heteroatoms. The Hall–Kier alpha value is -2.76. The summed E-state index contributed by atoms with van der Waals surface area (Å²) >= 11 is 0. The van der Waals surface area contributed by atoms with E-state index >= 15 is 0 Å². The summed E-state index contributed by atoms with van der Waals surface area (Å²) in [5, 5.41) is 0. The minimum absolute atomic E-state index is 0.135. The summed E-state index contributed by atoms with van der Waals surface area (Å²) in [6, 6.07) is 6.24. The van der Waals surface area contributed by atoms with Crippen molar-refractivity contribution in [2.75, 3.05) is 0 Å². The predicted octanol–water partition coefficient (Wildman–Crippen LogP) is 4.60. The molecule has 1 N–H and O–H groups in total. The van der Waals surface area contributed by atoms with E-state index in [1.54, 1.807) is 32.0 Å². The van der Waals surface area contributed by atoms with Gasteiger partial charge < -0.3 is 9.72 Å². The van der Waals surface area contributed by atoms with Gasteiger partial charge in [0.2, 0.25) is 5.78 Å². The van der Waals surface area contributed by atoms with E-state index in [-0.39, 0.29) is 11.5 Å². The van der Waals surface area contributed by atoms with Crippen LogP contribution in [0.2, 0.25) is 0 Å². The van der Waals surface area contributed by atoms with Crippen molar-refractivity contribution in [2.45, 2.75) is 64.9 Å². The molecule has 0 saturated heterocycles. The molecule has 1 aromatic carbocycles. The van der Waals surface area contributed by atoms with Crippen LogP contribution in [0, 0.1) is 19.7 Å². The van der Waals surface area contributed by atoms with Crippen LogP contribution < -0.4 is 0 Å². The third-order valence-electron chi connectivity index (χ3n) is 5.93. The topological polar surface area (TPSA) is 76.2 Å². The fourth-order valence-electron chi connectivity index (χ4n) is 4.47. The number of rotatable bonds is 6. The average molecular weight is 399 g/mol. The molecule has 29 heavy (non-hydrogen) atoms. The molecule has 1 fully saturated rings. The van der Waals surface area contributed by atoms with Crippen molar-refractivity contribution in [3.8, 4) is 0 Å². The Morgan fingerprint density at radius 3 is 2.31 bits per heavy atom. The lowest BCUT2D eigenvalue weighted by molar-refractivity contribution is -0.153. The molecule has 1 atom stereocenters. The molecule has 0 spiro atoms. The summed E-state index contributed by atoms with van der Waals surface area (Å²) in [7, 11) is 0. The lowest BCUT2D eigenvalue weighted by Gasteiger charge is -2.29. The Labute approximate surface area is 169 Å². The quantitative estimate of drug-likeness (QED) is 0.569. The maximum Gasteiger partial charge on any atom is 0.317 e. The van der Waals surface area contributed by atoms with Crippen molar-refractivity contribution in [1.29, 1.82) is 0 Å². The first kappa shape index (κ1) is 21.0. The number of benzene rings is 1. The normalized spacial score (nSPS) is 16.4. The standard InChI is InChI=1S/C23H26FNO4/c1-13-19(15(3)26)14(2)25-20(13)21(27)16(4)29-22(28)23(11-7-8-12-23)17-9-5-6-10-18(17)24/h5-6,9-10,16,25H,7-8,11-12H2,1-4H3/t16-/m0/s1. The van der Waals surface area contributed by atoms with E-state index in [1.165, 1.54) is 19.9 Å². The van der Waals surface area contributed by atoms with Crippen molar-refractivity contribution >= 4 is 17.5 Å². The molecular formula is C23H26FNO4. The summed E-state index contributed by atoms with van der Waals surface area (Å²) in [6.45, 7) is 6.37. The highest BCUT2D eigenvalue weighted by Crippen LogP contribution is 2.43. The fourth-order valence-corrected chi connectivity index (χ4v) is 4.47. The highest BCUT2D eigenvalue weighted by atomic mass is 19.1. The van der Waals surface area contributed by atoms with Gasteiger partial charge in [-0.3, -0.25) is 14.4 Å². The Bertz CT molecular complexity index is 969. The molecule has 1 aliphatic carbocycles. The summed E-state index contributed by atoms with van der Waals surface area (Å²) < 4.78 is 20.0. The van der Waals surface area contributed by atoms with Gasteiger partial charge in [-0.15, -0.1) is 0 Å². The number of esters is 1. The predicted molar refractivity (Wildman–Crippen MR) is 107 cm³/mol. The molecule has 0 aliphatic heterocycles. The van der Waals surface area contributed by atoms with Crippen molar-refractivity contribution in [3.63, 3.8) is 0 Å². The summed E-state index contributed by atoms with van der Waals surface area (Å²) in [6.07, 6.45) is 1.51. The number of H-pyrrole nitrogens is 1. The largest absolute Gasteiger partial charge is 0.454 e. The number of Topliss-reactive ketones (excluding diaryl/α,β-unsaturated/α-hetero) is 2. The smallest absolute Gasteiger partial charge is 0.317 e. The number of carbonyl (C=O) groups is 3. The Balaban J connectivity index is 1.86. The Morgan fingerprint density at radius 1 is 1.14 bits per heavy atom. The molecule has 1 aromatic heterocycles. The number of halogens is 1. The molecule has 3 rings (SSSR count). The third kappa shape index (κ3) is 3.63. The first-order valence-corrected chi connectivity index (χ1v) is 9.89. The van der Waals surface area contributed by atoms with E-state index in [2.05, 4.69) is 4.98 Å². The van der Waals surface area contributed by atoms with E-state index < -0.39 is 29.1 Å². The number of carbonyl (C=O) groups excluding carboxylic acids is 3. The molecule has 0 bridgehead atoms. The molecule has 1 aliphatic rings. The van der Waals surface area contributed by atoms with Crippen LogP contribution in [0.3, 0.4) is 0 Å². The highest BCUT2D eigenvalue weighted by Gasteiger charge is 2.46. The maximum absolute atomic E-state index is 14.5. The van der Waals surface area contributed by atoms with E-state index in [4.69, 9.17) is 4.74 Å². The van der Waals surface area contributed by atoms with Crippen LogP contribution in [0.4, 0.5) is 4.39 Å². The van der Waals surface area contributed by atoms with Gasteiger partial charge in [-0.25, -0.2) is 4.39 Å². The second kappa shape index (κ2) is 7.93. The van der Waals surface area contributed by atoms with Gasteiger partial charge >= 0.3 is 5.97 Å². The van der Waals surface area contributed by atoms with Crippen LogP contribution in [0.15, 0.2) is 24.3 Å². The SMILES string of the molecule is CC(=O)c1c(C)[nH]c(C(=O)[C@H](C)OC(=O)C2(c3ccccc3F)CCCC2)c1C. The van der Waals surface area contributed by atoms with Crippen LogP contribution in [0.25, 0.3) is 0 Å². The number of aromatic amines is 1. The van der Waals surface area contributed by atoms with Crippen LogP contribution in [0.5, 0.6) is 0 Å². The van der Waals surface area contributed by atoms with Crippen LogP contribution in [-0.2, 0) is 14.9 Å². The second-order valence-electron chi connectivity index (χ2n) is 7.86. The van der Waals surface area contributed by atoms with Gasteiger partial charge in [0.15, 0.2) is 11.9 Å². The molecule has 154 valence electrons. The van der Waals surface area contributed by atoms with E-state index in [0.717, 1.165) is 12.8 Å². The molecular weight excluding hydrogens is 373 g/mol. The minimum atomic E-state index is -1.06. The summed E-state index contributed by atoms with van der Waals surface area (Å²) in [5.74, 6) is -1.56. The first-order chi connectivity index (χ1) is 13.7. The number of hydrogen-bond acceptors (Lipinski definition) is 4. The number of ether oxygens (including phenoxy) is 1. The van der Waals surface area contributed by atoms with Crippen molar-refractivity contribution in [2.24, 2.45) is 0 Å². The molecule has 1 saturated carbocycles. The lowest BCUT2D eigenvalue weighted by Crippen LogP contribution is -2.39. The number of hydrogen-bond donors (Lipinski definition) is 1. The van der Waals surface area contributed by atoms with Crippen LogP contribution >= 0.6 is 0 Å². The van der Waals surface area contributed by atoms with Crippen molar-refractivity contribution < 1.29 is 23.5 Å². The first-order valence-electron chi connectivity index (χ1n) is 9.89. The van der Waals surface area contributed by atoms with Gasteiger partial charge in [-0.1, -0.05) is 31.0 Å². The van der Waals surface area contributed by atoms with Gasteiger partial charge in [0.25, 0.3) is 0 Å². The zero-order valence-corrected chi connectivity index (χ0v) is 17.2. The van der Waals surface area contributed by atoms with E-state index in [1.807, 2.05) is 0 Å². The monoisotopic (exact) mass is 399 g/mol. The minimum Gasteiger partial charge on any atom is -0.454 e. The third-order valence-corrected chi connectivity index (χ3v) is 5.93. The fraction of sp³-hybridized carbons (Fsp3) is 0.435. The highest BCUT2D eigenvalue weighted by molar-refractivity contribution is 6.05. The average Bonchev–Trinajstić information content (AvgIpc) is 3.26. The van der Waals surface area contributed by atoms with Crippen LogP contribution in [0.1, 0.15) is 77.2 Å². The second-order valence-corrected chi connectivity index (χ2v) is 7.86. The van der Waals surface area contributed by atoms with Gasteiger partial charge in [0.1, 0.15) is 5.82 Å². The summed E-state index contributed by atoms with van der Waals surface area (Å²) in [5.41, 5.74) is 1.16. The molecule has 0 amide bonds. The zero-order valence-electron chi connectivity index (χ0n) is 17.2. The van der Waals surface area contributed by atoms with Crippen LogP contribution in [-0.4, -0.2) is 28.6 Å². The van der Waals surface area contributed by atoms with Gasteiger partial charge in [-0.05, 0) is 52.2 Å². The van der Waals surface area contributed by atoms with Crippen molar-refractivity contribution in [3.05, 3.63) is 58.2 Å². The van der Waals surface area contributed by atoms with E-state index in [0.29, 0.717) is 35.2 Å². The number of ketones is 2. The summed E-state index contributed by atoms with van der Waals surface area (Å²) in [4.78, 5) is 40.8. The Morgan fingerprint density at radius 2 is 1.76 bits per heavy atom. The Kier molecular flexibility index (Phi) is 5.73. The molecule has 0 unspecified atom stereocenters. The van der Waals surface area contributed by atoms with Gasteiger partial charge in [-0.2, -0.15) is 0 Å². The molecule has 2 aromatic rings. The number of nitrogens with one attached hydrogen (secondary N) is 1. The lowest BCUT2D eigenvalue weighted by atomic mass is 9.78. The van der Waals surface area contributed by atoms with Crippen molar-refractivity contribution in [1.82, 2.24) is 4.98 Å². The molecule has 1 heterocycles. The number of aromatic nitrogens is 1.